The predicted octanol–water partition coefficient (Wildman–Crippen LogP) is 6.41. The zero-order chi connectivity index (χ0) is 17.3. The van der Waals surface area contributed by atoms with Gasteiger partial charge >= 0.3 is 0 Å². The fourth-order valence-corrected chi connectivity index (χ4v) is 2.85. The van der Waals surface area contributed by atoms with Crippen LogP contribution in [0, 0.1) is 5.92 Å². The molecule has 0 fully saturated rings. The molecule has 0 spiro atoms. The van der Waals surface area contributed by atoms with Crippen molar-refractivity contribution in [2.45, 2.75) is 104 Å². The van der Waals surface area contributed by atoms with Crippen molar-refractivity contribution in [2.24, 2.45) is 5.92 Å². The maximum absolute atomic E-state index is 11.4. The van der Waals surface area contributed by atoms with E-state index in [9.17, 15) is 4.79 Å². The summed E-state index contributed by atoms with van der Waals surface area (Å²) in [4.78, 5) is 11.4. The monoisotopic (exact) mass is 323 g/mol. The lowest BCUT2D eigenvalue weighted by molar-refractivity contribution is -0.117. The quantitative estimate of drug-likeness (QED) is 0.258. The lowest BCUT2D eigenvalue weighted by Crippen LogP contribution is -2.28. The first-order valence-electron chi connectivity index (χ1n) is 10.0. The minimum absolute atomic E-state index is 0.00783. The van der Waals surface area contributed by atoms with Crippen LogP contribution in [0.4, 0.5) is 0 Å². The third-order valence-corrected chi connectivity index (χ3v) is 4.55. The zero-order valence-electron chi connectivity index (χ0n) is 16.1. The Balaban J connectivity index is 3.23. The molecule has 0 saturated carbocycles. The van der Waals surface area contributed by atoms with Crippen molar-refractivity contribution in [3.8, 4) is 0 Å². The van der Waals surface area contributed by atoms with Crippen LogP contribution in [0.5, 0.6) is 0 Å². The molecule has 0 aromatic heterocycles. The summed E-state index contributed by atoms with van der Waals surface area (Å²) in [6.45, 7) is 10.7. The molecule has 23 heavy (non-hydrogen) atoms. The lowest BCUT2D eigenvalue weighted by Gasteiger charge is -2.12. The van der Waals surface area contributed by atoms with Gasteiger partial charge in [0.15, 0.2) is 0 Å². The minimum Gasteiger partial charge on any atom is -0.352 e. The van der Waals surface area contributed by atoms with Crippen LogP contribution in [-0.4, -0.2) is 12.5 Å². The van der Waals surface area contributed by atoms with E-state index in [1.165, 1.54) is 83.5 Å². The van der Waals surface area contributed by atoms with Gasteiger partial charge in [-0.3, -0.25) is 4.79 Å². The Labute approximate surface area is 145 Å². The molecule has 0 radical (unpaired) electrons. The van der Waals surface area contributed by atoms with Crippen molar-refractivity contribution >= 4 is 5.91 Å². The van der Waals surface area contributed by atoms with Gasteiger partial charge in [-0.25, -0.2) is 0 Å². The number of carbonyl (C=O) groups excluding carboxylic acids is 1. The van der Waals surface area contributed by atoms with Gasteiger partial charge in [0.05, 0.1) is 0 Å². The molecule has 1 unspecified atom stereocenters. The third kappa shape index (κ3) is 15.9. The number of hydrogen-bond acceptors (Lipinski definition) is 1. The number of rotatable bonds is 16. The Kier molecular flexibility index (Phi) is 15.5. The summed E-state index contributed by atoms with van der Waals surface area (Å²) >= 11 is 0. The molecule has 2 nitrogen and oxygen atoms in total. The normalized spacial score (nSPS) is 12.1. The largest absolute Gasteiger partial charge is 0.352 e. The topological polar surface area (TPSA) is 29.1 Å². The molecule has 1 N–H and O–H groups in total. The molecule has 0 bridgehead atoms. The van der Waals surface area contributed by atoms with Gasteiger partial charge < -0.3 is 5.32 Å². The highest BCUT2D eigenvalue weighted by Gasteiger charge is 2.05. The van der Waals surface area contributed by atoms with Crippen molar-refractivity contribution in [2.75, 3.05) is 6.54 Å². The molecule has 0 heterocycles. The molecule has 0 aliphatic carbocycles. The molecule has 1 amide bonds. The molecule has 0 aliphatic rings. The number of hydrogen-bond donors (Lipinski definition) is 1. The first kappa shape index (κ1) is 22.2. The Morgan fingerprint density at radius 2 is 1.30 bits per heavy atom. The van der Waals surface area contributed by atoms with E-state index in [0.29, 0.717) is 11.5 Å². The Hall–Kier alpha value is -0.790. The van der Waals surface area contributed by atoms with E-state index in [1.807, 2.05) is 0 Å². The van der Waals surface area contributed by atoms with Gasteiger partial charge in [0.2, 0.25) is 5.91 Å². The van der Waals surface area contributed by atoms with E-state index in [0.717, 1.165) is 6.54 Å². The maximum atomic E-state index is 11.4. The smallest absolute Gasteiger partial charge is 0.246 e. The Bertz CT molecular complexity index is 298. The second-order valence-electron chi connectivity index (χ2n) is 7.27. The van der Waals surface area contributed by atoms with Crippen molar-refractivity contribution in [3.63, 3.8) is 0 Å². The molecule has 0 aromatic carbocycles. The first-order valence-corrected chi connectivity index (χ1v) is 10.0. The molecule has 0 rings (SSSR count). The fraction of sp³-hybridized carbons (Fsp3) is 0.857. The van der Waals surface area contributed by atoms with Crippen LogP contribution in [-0.2, 0) is 4.79 Å². The Morgan fingerprint density at radius 1 is 0.870 bits per heavy atom. The van der Waals surface area contributed by atoms with Gasteiger partial charge in [-0.1, -0.05) is 97.5 Å². The van der Waals surface area contributed by atoms with E-state index in [2.05, 4.69) is 25.7 Å². The molecule has 136 valence electrons. The zero-order valence-corrected chi connectivity index (χ0v) is 16.1. The van der Waals surface area contributed by atoms with E-state index in [-0.39, 0.29) is 5.91 Å². The summed E-state index contributed by atoms with van der Waals surface area (Å²) in [5, 5.41) is 2.94. The van der Waals surface area contributed by atoms with Crippen LogP contribution in [0.3, 0.4) is 0 Å². The SMILES string of the molecule is C=C(C)C(=O)NCC(C)CCCCCCCCCCCCCC. The van der Waals surface area contributed by atoms with Gasteiger partial charge in [0.1, 0.15) is 0 Å². The van der Waals surface area contributed by atoms with Crippen LogP contribution in [0.2, 0.25) is 0 Å². The molecule has 1 atom stereocenters. The molecule has 2 heteroatoms. The van der Waals surface area contributed by atoms with Gasteiger partial charge in [-0.15, -0.1) is 0 Å². The van der Waals surface area contributed by atoms with Crippen molar-refractivity contribution in [3.05, 3.63) is 12.2 Å². The molecule has 0 aromatic rings. The number of carbonyl (C=O) groups is 1. The maximum Gasteiger partial charge on any atom is 0.246 e. The van der Waals surface area contributed by atoms with Crippen LogP contribution in [0.1, 0.15) is 104 Å². The average molecular weight is 324 g/mol. The average Bonchev–Trinajstić information content (AvgIpc) is 2.53. The molecule has 0 saturated heterocycles. The van der Waals surface area contributed by atoms with Crippen molar-refractivity contribution < 1.29 is 4.79 Å². The van der Waals surface area contributed by atoms with Gasteiger partial charge in [0, 0.05) is 12.1 Å². The minimum atomic E-state index is -0.00783. The highest BCUT2D eigenvalue weighted by Crippen LogP contribution is 2.14. The van der Waals surface area contributed by atoms with Crippen LogP contribution >= 0.6 is 0 Å². The summed E-state index contributed by atoms with van der Waals surface area (Å²) in [7, 11) is 0. The summed E-state index contributed by atoms with van der Waals surface area (Å²) < 4.78 is 0. The highest BCUT2D eigenvalue weighted by molar-refractivity contribution is 5.92. The first-order chi connectivity index (χ1) is 11.1. The van der Waals surface area contributed by atoms with Crippen molar-refractivity contribution in [1.82, 2.24) is 5.32 Å². The number of nitrogens with one attached hydrogen (secondary N) is 1. The van der Waals surface area contributed by atoms with Gasteiger partial charge in [-0.2, -0.15) is 0 Å². The number of unbranched alkanes of at least 4 members (excludes halogenated alkanes) is 11. The summed E-state index contributed by atoms with van der Waals surface area (Å²) in [6.07, 6.45) is 18.0. The van der Waals surface area contributed by atoms with Crippen LogP contribution < -0.4 is 5.32 Å². The Morgan fingerprint density at radius 3 is 1.74 bits per heavy atom. The van der Waals surface area contributed by atoms with Crippen LogP contribution in [0.15, 0.2) is 12.2 Å². The standard InChI is InChI=1S/C21H41NO/c1-5-6-7-8-9-10-11-12-13-14-15-16-17-20(4)18-22-21(23)19(2)3/h20H,2,5-18H2,1,3-4H3,(H,22,23). The third-order valence-electron chi connectivity index (χ3n) is 4.55. The van der Waals surface area contributed by atoms with E-state index >= 15 is 0 Å². The lowest BCUT2D eigenvalue weighted by atomic mass is 10.0. The van der Waals surface area contributed by atoms with Crippen LogP contribution in [0.25, 0.3) is 0 Å². The second kappa shape index (κ2) is 16.1. The highest BCUT2D eigenvalue weighted by atomic mass is 16.1. The summed E-state index contributed by atoms with van der Waals surface area (Å²) in [5.74, 6) is 0.563. The van der Waals surface area contributed by atoms with Crippen molar-refractivity contribution in [1.29, 1.82) is 0 Å². The predicted molar refractivity (Wildman–Crippen MR) is 103 cm³/mol. The second-order valence-corrected chi connectivity index (χ2v) is 7.27. The van der Waals surface area contributed by atoms with E-state index in [1.54, 1.807) is 6.92 Å². The fourth-order valence-electron chi connectivity index (χ4n) is 2.85. The van der Waals surface area contributed by atoms with Gasteiger partial charge in [0.25, 0.3) is 0 Å². The van der Waals surface area contributed by atoms with E-state index in [4.69, 9.17) is 0 Å². The molecular formula is C21H41NO. The number of amides is 1. The molecular weight excluding hydrogens is 282 g/mol. The summed E-state index contributed by atoms with van der Waals surface area (Å²) in [6, 6.07) is 0. The molecule has 0 aliphatic heterocycles. The van der Waals surface area contributed by atoms with E-state index < -0.39 is 0 Å². The van der Waals surface area contributed by atoms with Gasteiger partial charge in [-0.05, 0) is 19.3 Å². The summed E-state index contributed by atoms with van der Waals surface area (Å²) in [5.41, 5.74) is 0.600.